The van der Waals surface area contributed by atoms with Gasteiger partial charge in [-0.3, -0.25) is 0 Å². The molecule has 0 aliphatic carbocycles. The summed E-state index contributed by atoms with van der Waals surface area (Å²) in [5, 5.41) is 8.87. The third-order valence-corrected chi connectivity index (χ3v) is 2.11. The van der Waals surface area contributed by atoms with Crippen LogP contribution in [0.1, 0.15) is 11.5 Å². The van der Waals surface area contributed by atoms with Crippen LogP contribution in [0.15, 0.2) is 18.2 Å². The lowest BCUT2D eigenvalue weighted by Crippen LogP contribution is -2.22. The predicted octanol–water partition coefficient (Wildman–Crippen LogP) is 3.39. The van der Waals surface area contributed by atoms with Crippen molar-refractivity contribution >= 4 is 0 Å². The summed E-state index contributed by atoms with van der Waals surface area (Å²) in [4.78, 5) is 0. The highest BCUT2D eigenvalue weighted by atomic mass is 19.4. The van der Waals surface area contributed by atoms with Crippen molar-refractivity contribution in [3.63, 3.8) is 0 Å². The molecule has 0 amide bonds. The first-order valence-electron chi connectivity index (χ1n) is 5.12. The molecule has 0 saturated carbocycles. The van der Waals surface area contributed by atoms with Gasteiger partial charge in [0.2, 0.25) is 0 Å². The van der Waals surface area contributed by atoms with Crippen LogP contribution in [0.4, 0.5) is 26.3 Å². The molecule has 1 aromatic carbocycles. The normalized spacial score (nSPS) is 14.0. The van der Waals surface area contributed by atoms with Gasteiger partial charge in [0.15, 0.2) is 11.5 Å². The summed E-state index contributed by atoms with van der Waals surface area (Å²) in [6.45, 7) is 2.64. The molecule has 0 saturated heterocycles. The fourth-order valence-electron chi connectivity index (χ4n) is 1.38. The van der Waals surface area contributed by atoms with Gasteiger partial charge in [-0.1, -0.05) is 12.1 Å². The molecule has 0 spiro atoms. The highest BCUT2D eigenvalue weighted by Crippen LogP contribution is 2.40. The van der Waals surface area contributed by atoms with Gasteiger partial charge < -0.3 is 14.6 Å². The van der Waals surface area contributed by atoms with Gasteiger partial charge in [0.05, 0.1) is 6.61 Å². The van der Waals surface area contributed by atoms with Crippen LogP contribution >= 0.6 is 0 Å². The molecule has 0 bridgehead atoms. The van der Waals surface area contributed by atoms with Gasteiger partial charge in [0.1, 0.15) is 0 Å². The lowest BCUT2D eigenvalue weighted by molar-refractivity contribution is -0.287. The largest absolute Gasteiger partial charge is 0.573 e. The average molecular weight is 303 g/mol. The van der Waals surface area contributed by atoms with E-state index in [4.69, 9.17) is 5.11 Å². The Morgan fingerprint density at radius 1 is 1.05 bits per heavy atom. The molecule has 1 radical (unpaired) electrons. The highest BCUT2D eigenvalue weighted by Gasteiger charge is 2.38. The fraction of sp³-hybridized carbons (Fsp3) is 0.364. The van der Waals surface area contributed by atoms with Crippen molar-refractivity contribution in [3.05, 3.63) is 30.7 Å². The summed E-state index contributed by atoms with van der Waals surface area (Å²) in [6, 6.07) is 2.76. The van der Waals surface area contributed by atoms with Crippen LogP contribution in [0.2, 0.25) is 0 Å². The summed E-state index contributed by atoms with van der Waals surface area (Å²) in [5.74, 6) is -3.44. The molecule has 0 aliphatic rings. The molecule has 20 heavy (non-hydrogen) atoms. The van der Waals surface area contributed by atoms with Crippen LogP contribution in [-0.4, -0.2) is 24.4 Å². The van der Waals surface area contributed by atoms with Gasteiger partial charge >= 0.3 is 12.7 Å². The lowest BCUT2D eigenvalue weighted by atomic mass is 10.0. The molecule has 113 valence electrons. The van der Waals surface area contributed by atoms with Gasteiger partial charge in [-0.15, -0.1) is 26.3 Å². The molecule has 0 fully saturated rings. The number of hydrogen-bond acceptors (Lipinski definition) is 3. The van der Waals surface area contributed by atoms with E-state index in [-0.39, 0.29) is 5.56 Å². The molecular weight excluding hydrogens is 294 g/mol. The fourth-order valence-corrected chi connectivity index (χ4v) is 1.38. The lowest BCUT2D eigenvalue weighted by Gasteiger charge is -2.20. The Morgan fingerprint density at radius 3 is 2.05 bits per heavy atom. The molecule has 1 atom stereocenters. The van der Waals surface area contributed by atoms with Crippen LogP contribution in [0.5, 0.6) is 11.5 Å². The molecule has 1 N–H and O–H groups in total. The van der Waals surface area contributed by atoms with Gasteiger partial charge in [0.25, 0.3) is 0 Å². The molecular formula is C11H9F6O3. The number of aliphatic hydroxyl groups excluding tert-OH is 1. The summed E-state index contributed by atoms with van der Waals surface area (Å²) in [6.07, 6.45) is -10.4. The van der Waals surface area contributed by atoms with Crippen molar-refractivity contribution in [1.29, 1.82) is 0 Å². The van der Waals surface area contributed by atoms with Crippen molar-refractivity contribution in [1.82, 2.24) is 0 Å². The minimum absolute atomic E-state index is 0.355. The summed E-state index contributed by atoms with van der Waals surface area (Å²) in [5.41, 5.74) is -0.355. The second kappa shape index (κ2) is 5.78. The van der Waals surface area contributed by atoms with Gasteiger partial charge in [-0.2, -0.15) is 0 Å². The van der Waals surface area contributed by atoms with Crippen molar-refractivity contribution < 1.29 is 40.9 Å². The molecule has 0 heterocycles. The molecule has 1 rings (SSSR count). The van der Waals surface area contributed by atoms with E-state index < -0.39 is 36.7 Å². The number of aliphatic hydroxyl groups is 1. The molecule has 1 unspecified atom stereocenters. The second-order valence-corrected chi connectivity index (χ2v) is 3.65. The van der Waals surface area contributed by atoms with E-state index in [0.29, 0.717) is 6.07 Å². The van der Waals surface area contributed by atoms with Crippen LogP contribution in [0.3, 0.4) is 0 Å². The van der Waals surface area contributed by atoms with E-state index >= 15 is 0 Å². The van der Waals surface area contributed by atoms with Crippen LogP contribution in [0.25, 0.3) is 0 Å². The maximum atomic E-state index is 12.3. The maximum Gasteiger partial charge on any atom is 0.573 e. The van der Waals surface area contributed by atoms with Crippen molar-refractivity contribution in [3.8, 4) is 11.5 Å². The number of alkyl halides is 6. The number of benzene rings is 1. The third kappa shape index (κ3) is 4.80. The SMILES string of the molecule is [CH2]C(CO)c1cccc(OC(F)(F)F)c1OC(F)(F)F. The summed E-state index contributed by atoms with van der Waals surface area (Å²) in [7, 11) is 0. The number of rotatable bonds is 4. The monoisotopic (exact) mass is 303 g/mol. The van der Waals surface area contributed by atoms with Gasteiger partial charge in [-0.05, 0) is 13.0 Å². The Balaban J connectivity index is 3.29. The van der Waals surface area contributed by atoms with Crippen LogP contribution in [-0.2, 0) is 0 Å². The topological polar surface area (TPSA) is 38.7 Å². The minimum atomic E-state index is -5.21. The smallest absolute Gasteiger partial charge is 0.402 e. The Morgan fingerprint density at radius 2 is 1.60 bits per heavy atom. The number of halogens is 6. The Labute approximate surface area is 109 Å². The van der Waals surface area contributed by atoms with E-state index in [1.807, 2.05) is 0 Å². The van der Waals surface area contributed by atoms with E-state index in [0.717, 1.165) is 12.1 Å². The third-order valence-electron chi connectivity index (χ3n) is 2.11. The van der Waals surface area contributed by atoms with Crippen molar-refractivity contribution in [2.75, 3.05) is 6.61 Å². The number of ether oxygens (including phenoxy) is 2. The first kappa shape index (κ1) is 16.4. The van der Waals surface area contributed by atoms with Gasteiger partial charge in [0, 0.05) is 11.5 Å². The second-order valence-electron chi connectivity index (χ2n) is 3.65. The van der Waals surface area contributed by atoms with Crippen molar-refractivity contribution in [2.24, 2.45) is 0 Å². The maximum absolute atomic E-state index is 12.3. The quantitative estimate of drug-likeness (QED) is 0.867. The summed E-state index contributed by atoms with van der Waals surface area (Å²) >= 11 is 0. The zero-order valence-electron chi connectivity index (χ0n) is 9.76. The number of para-hydroxylation sites is 1. The van der Waals surface area contributed by atoms with Gasteiger partial charge in [-0.25, -0.2) is 0 Å². The molecule has 0 aliphatic heterocycles. The molecule has 9 heteroatoms. The molecule has 0 aromatic heterocycles. The highest BCUT2D eigenvalue weighted by molar-refractivity contribution is 5.49. The van der Waals surface area contributed by atoms with Crippen molar-refractivity contribution in [2.45, 2.75) is 18.6 Å². The Kier molecular flexibility index (Phi) is 4.74. The molecule has 3 nitrogen and oxygen atoms in total. The average Bonchev–Trinajstić information content (AvgIpc) is 2.26. The minimum Gasteiger partial charge on any atom is -0.402 e. The van der Waals surface area contributed by atoms with Crippen LogP contribution < -0.4 is 9.47 Å². The Hall–Kier alpha value is -1.64. The first-order chi connectivity index (χ1) is 9.03. The standard InChI is InChI=1S/C11H9F6O3/c1-6(5-18)7-3-2-4-8(19-10(12,13)14)9(7)20-11(15,16)17/h2-4,6,18H,1,5H2. The van der Waals surface area contributed by atoms with Crippen LogP contribution in [0, 0.1) is 6.92 Å². The Bertz CT molecular complexity index is 454. The van der Waals surface area contributed by atoms with E-state index in [1.165, 1.54) is 0 Å². The number of hydrogen-bond donors (Lipinski definition) is 1. The zero-order valence-corrected chi connectivity index (χ0v) is 9.76. The summed E-state index contributed by atoms with van der Waals surface area (Å²) < 4.78 is 80.3. The van der Waals surface area contributed by atoms with E-state index in [1.54, 1.807) is 0 Å². The first-order valence-corrected chi connectivity index (χ1v) is 5.12. The predicted molar refractivity (Wildman–Crippen MR) is 55.0 cm³/mol. The van der Waals surface area contributed by atoms with E-state index in [2.05, 4.69) is 16.4 Å². The molecule has 1 aromatic rings. The van der Waals surface area contributed by atoms with E-state index in [9.17, 15) is 26.3 Å². The zero-order chi connectivity index (χ0) is 15.6.